The SMILES string of the molecule is CCN(c1ccc(C)cc1)c1cc(CO)cc(C)n1. The second-order valence-electron chi connectivity index (χ2n) is 4.71. The van der Waals surface area contributed by atoms with E-state index in [1.807, 2.05) is 19.1 Å². The van der Waals surface area contributed by atoms with Crippen LogP contribution in [0.25, 0.3) is 0 Å². The molecule has 0 radical (unpaired) electrons. The number of aliphatic hydroxyl groups is 1. The van der Waals surface area contributed by atoms with Crippen LogP contribution in [0.4, 0.5) is 11.5 Å². The van der Waals surface area contributed by atoms with Crippen LogP contribution in [0, 0.1) is 13.8 Å². The number of pyridine rings is 1. The van der Waals surface area contributed by atoms with Crippen LogP contribution in [0.5, 0.6) is 0 Å². The molecule has 0 unspecified atom stereocenters. The van der Waals surface area contributed by atoms with Gasteiger partial charge in [-0.3, -0.25) is 0 Å². The van der Waals surface area contributed by atoms with Gasteiger partial charge in [-0.1, -0.05) is 17.7 Å². The largest absolute Gasteiger partial charge is 0.392 e. The molecule has 0 bridgehead atoms. The minimum atomic E-state index is 0.0435. The summed E-state index contributed by atoms with van der Waals surface area (Å²) in [4.78, 5) is 6.71. The highest BCUT2D eigenvalue weighted by molar-refractivity contribution is 5.60. The molecule has 3 heteroatoms. The Bertz CT molecular complexity index is 549. The van der Waals surface area contributed by atoms with E-state index < -0.39 is 0 Å². The van der Waals surface area contributed by atoms with Crippen molar-refractivity contribution in [2.24, 2.45) is 0 Å². The highest BCUT2D eigenvalue weighted by Gasteiger charge is 2.10. The van der Waals surface area contributed by atoms with Crippen molar-refractivity contribution in [3.8, 4) is 0 Å². The van der Waals surface area contributed by atoms with Crippen LogP contribution in [0.3, 0.4) is 0 Å². The van der Waals surface area contributed by atoms with Gasteiger partial charge in [-0.15, -0.1) is 0 Å². The minimum Gasteiger partial charge on any atom is -0.392 e. The summed E-state index contributed by atoms with van der Waals surface area (Å²) >= 11 is 0. The summed E-state index contributed by atoms with van der Waals surface area (Å²) in [5, 5.41) is 9.30. The summed E-state index contributed by atoms with van der Waals surface area (Å²) in [6.07, 6.45) is 0. The van der Waals surface area contributed by atoms with Gasteiger partial charge in [0.1, 0.15) is 5.82 Å². The van der Waals surface area contributed by atoms with Crippen LogP contribution in [0.2, 0.25) is 0 Å². The van der Waals surface area contributed by atoms with Crippen molar-refractivity contribution >= 4 is 11.5 Å². The van der Waals surface area contributed by atoms with Gasteiger partial charge in [-0.2, -0.15) is 0 Å². The summed E-state index contributed by atoms with van der Waals surface area (Å²) in [5.41, 5.74) is 4.18. The lowest BCUT2D eigenvalue weighted by Crippen LogP contribution is -2.18. The molecule has 19 heavy (non-hydrogen) atoms. The van der Waals surface area contributed by atoms with Crippen molar-refractivity contribution in [1.29, 1.82) is 0 Å². The van der Waals surface area contributed by atoms with Gasteiger partial charge in [-0.05, 0) is 50.6 Å². The first-order valence-electron chi connectivity index (χ1n) is 6.56. The summed E-state index contributed by atoms with van der Waals surface area (Å²) in [6.45, 7) is 7.01. The van der Waals surface area contributed by atoms with Crippen molar-refractivity contribution in [3.05, 3.63) is 53.2 Å². The summed E-state index contributed by atoms with van der Waals surface area (Å²) in [5.74, 6) is 0.885. The Hall–Kier alpha value is -1.87. The van der Waals surface area contributed by atoms with Gasteiger partial charge in [0.15, 0.2) is 0 Å². The molecule has 100 valence electrons. The second kappa shape index (κ2) is 5.85. The Labute approximate surface area is 114 Å². The Morgan fingerprint density at radius 3 is 2.37 bits per heavy atom. The molecule has 0 aliphatic rings. The molecule has 0 spiro atoms. The Morgan fingerprint density at radius 2 is 1.79 bits per heavy atom. The molecule has 3 nitrogen and oxygen atoms in total. The number of aryl methyl sites for hydroxylation is 2. The second-order valence-corrected chi connectivity index (χ2v) is 4.71. The van der Waals surface area contributed by atoms with Crippen LogP contribution in [-0.2, 0) is 6.61 Å². The smallest absolute Gasteiger partial charge is 0.133 e. The molecule has 1 aromatic heterocycles. The van der Waals surface area contributed by atoms with Crippen LogP contribution >= 0.6 is 0 Å². The van der Waals surface area contributed by atoms with E-state index >= 15 is 0 Å². The molecule has 0 aliphatic heterocycles. The Balaban J connectivity index is 2.41. The number of benzene rings is 1. The van der Waals surface area contributed by atoms with Crippen molar-refractivity contribution < 1.29 is 5.11 Å². The monoisotopic (exact) mass is 256 g/mol. The maximum atomic E-state index is 9.30. The van der Waals surface area contributed by atoms with Gasteiger partial charge < -0.3 is 10.0 Å². The molecule has 0 saturated carbocycles. The van der Waals surface area contributed by atoms with Crippen LogP contribution in [0.15, 0.2) is 36.4 Å². The van der Waals surface area contributed by atoms with E-state index in [0.717, 1.165) is 29.3 Å². The predicted octanol–water partition coefficient (Wildman–Crippen LogP) is 3.35. The third-order valence-electron chi connectivity index (χ3n) is 3.12. The average Bonchev–Trinajstić information content (AvgIpc) is 2.41. The molecule has 1 N–H and O–H groups in total. The maximum Gasteiger partial charge on any atom is 0.133 e. The lowest BCUT2D eigenvalue weighted by molar-refractivity contribution is 0.281. The first-order valence-corrected chi connectivity index (χ1v) is 6.56. The highest BCUT2D eigenvalue weighted by atomic mass is 16.3. The van der Waals surface area contributed by atoms with Gasteiger partial charge in [-0.25, -0.2) is 4.98 Å². The fourth-order valence-electron chi connectivity index (χ4n) is 2.15. The van der Waals surface area contributed by atoms with E-state index in [2.05, 4.69) is 48.0 Å². The number of aliphatic hydroxyl groups excluding tert-OH is 1. The van der Waals surface area contributed by atoms with Crippen LogP contribution in [0.1, 0.15) is 23.7 Å². The van der Waals surface area contributed by atoms with E-state index in [1.54, 1.807) is 0 Å². The van der Waals surface area contributed by atoms with E-state index in [9.17, 15) is 5.11 Å². The molecule has 0 fully saturated rings. The summed E-state index contributed by atoms with van der Waals surface area (Å²) in [7, 11) is 0. The molecular formula is C16H20N2O. The number of rotatable bonds is 4. The lowest BCUT2D eigenvalue weighted by Gasteiger charge is -2.23. The normalized spacial score (nSPS) is 10.5. The lowest BCUT2D eigenvalue weighted by atomic mass is 10.2. The average molecular weight is 256 g/mol. The fraction of sp³-hybridized carbons (Fsp3) is 0.312. The quantitative estimate of drug-likeness (QED) is 0.911. The Kier molecular flexibility index (Phi) is 4.17. The summed E-state index contributed by atoms with van der Waals surface area (Å²) < 4.78 is 0. The molecule has 0 amide bonds. The third kappa shape index (κ3) is 3.12. The van der Waals surface area contributed by atoms with Crippen molar-refractivity contribution in [1.82, 2.24) is 4.98 Å². The molecular weight excluding hydrogens is 236 g/mol. The Morgan fingerprint density at radius 1 is 1.11 bits per heavy atom. The van der Waals surface area contributed by atoms with Gasteiger partial charge >= 0.3 is 0 Å². The first-order chi connectivity index (χ1) is 9.13. The highest BCUT2D eigenvalue weighted by Crippen LogP contribution is 2.25. The third-order valence-corrected chi connectivity index (χ3v) is 3.12. The maximum absolute atomic E-state index is 9.30. The van der Waals surface area contributed by atoms with Crippen molar-refractivity contribution in [2.75, 3.05) is 11.4 Å². The standard InChI is InChI=1S/C16H20N2O/c1-4-18(15-7-5-12(2)6-8-15)16-10-14(11-19)9-13(3)17-16/h5-10,19H,4,11H2,1-3H3. The fourth-order valence-corrected chi connectivity index (χ4v) is 2.15. The van der Waals surface area contributed by atoms with Crippen molar-refractivity contribution in [3.63, 3.8) is 0 Å². The zero-order valence-electron chi connectivity index (χ0n) is 11.7. The van der Waals surface area contributed by atoms with E-state index in [4.69, 9.17) is 0 Å². The minimum absolute atomic E-state index is 0.0435. The number of hydrogen-bond acceptors (Lipinski definition) is 3. The number of nitrogens with zero attached hydrogens (tertiary/aromatic N) is 2. The molecule has 1 heterocycles. The topological polar surface area (TPSA) is 36.4 Å². The van der Waals surface area contributed by atoms with Crippen LogP contribution in [-0.4, -0.2) is 16.6 Å². The predicted molar refractivity (Wildman–Crippen MR) is 78.8 cm³/mol. The van der Waals surface area contributed by atoms with Crippen molar-refractivity contribution in [2.45, 2.75) is 27.4 Å². The van der Waals surface area contributed by atoms with E-state index in [0.29, 0.717) is 0 Å². The summed E-state index contributed by atoms with van der Waals surface area (Å²) in [6, 6.07) is 12.2. The zero-order valence-corrected chi connectivity index (χ0v) is 11.7. The first kappa shape index (κ1) is 13.6. The van der Waals surface area contributed by atoms with Gasteiger partial charge in [0, 0.05) is 17.9 Å². The number of anilines is 2. The molecule has 0 atom stereocenters. The van der Waals surface area contributed by atoms with Crippen LogP contribution < -0.4 is 4.90 Å². The van der Waals surface area contributed by atoms with E-state index in [-0.39, 0.29) is 6.61 Å². The molecule has 2 rings (SSSR count). The molecule has 0 saturated heterocycles. The molecule has 1 aromatic carbocycles. The number of aromatic nitrogens is 1. The molecule has 0 aliphatic carbocycles. The van der Waals surface area contributed by atoms with Gasteiger partial charge in [0.05, 0.1) is 6.61 Å². The zero-order chi connectivity index (χ0) is 13.8. The van der Waals surface area contributed by atoms with E-state index in [1.165, 1.54) is 5.56 Å². The molecule has 2 aromatic rings. The van der Waals surface area contributed by atoms with Gasteiger partial charge in [0.25, 0.3) is 0 Å². The number of hydrogen-bond donors (Lipinski definition) is 1. The van der Waals surface area contributed by atoms with Gasteiger partial charge in [0.2, 0.25) is 0 Å².